The molecule has 2 aromatic rings. The van der Waals surface area contributed by atoms with Crippen LogP contribution in [0.5, 0.6) is 5.75 Å². The van der Waals surface area contributed by atoms with Crippen molar-refractivity contribution >= 4 is 17.5 Å². The van der Waals surface area contributed by atoms with Crippen molar-refractivity contribution in [2.45, 2.75) is 33.2 Å². The van der Waals surface area contributed by atoms with E-state index in [9.17, 15) is 9.59 Å². The molecule has 0 fully saturated rings. The fourth-order valence-electron chi connectivity index (χ4n) is 2.51. The molecular weight excluding hydrogens is 316 g/mol. The molecule has 0 heterocycles. The summed E-state index contributed by atoms with van der Waals surface area (Å²) in [7, 11) is 1.62. The standard InChI is InChI=1S/C20H24N2O3/c1-13(2)15-8-9-19(25-4)17(10-15)12-21-20(24)16-6-5-7-18(11-16)22-14(3)23/h5-11,13H,12H2,1-4H3,(H,21,24)(H,22,23). The number of hydrogen-bond donors (Lipinski definition) is 2. The van der Waals surface area contributed by atoms with Gasteiger partial charge < -0.3 is 15.4 Å². The van der Waals surface area contributed by atoms with Crippen LogP contribution < -0.4 is 15.4 Å². The lowest BCUT2D eigenvalue weighted by Gasteiger charge is -2.14. The van der Waals surface area contributed by atoms with Crippen molar-refractivity contribution in [2.75, 3.05) is 12.4 Å². The molecule has 2 aromatic carbocycles. The molecule has 132 valence electrons. The zero-order valence-corrected chi connectivity index (χ0v) is 15.1. The van der Waals surface area contributed by atoms with E-state index in [0.29, 0.717) is 23.7 Å². The van der Waals surface area contributed by atoms with Gasteiger partial charge in [-0.05, 0) is 35.7 Å². The minimum absolute atomic E-state index is 0.173. The maximum absolute atomic E-state index is 12.4. The maximum Gasteiger partial charge on any atom is 0.251 e. The van der Waals surface area contributed by atoms with E-state index in [1.807, 2.05) is 12.1 Å². The zero-order chi connectivity index (χ0) is 18.4. The minimum Gasteiger partial charge on any atom is -0.496 e. The molecule has 0 aliphatic heterocycles. The predicted molar refractivity (Wildman–Crippen MR) is 99.0 cm³/mol. The highest BCUT2D eigenvalue weighted by Crippen LogP contribution is 2.24. The topological polar surface area (TPSA) is 67.4 Å². The van der Waals surface area contributed by atoms with Gasteiger partial charge in [-0.2, -0.15) is 0 Å². The smallest absolute Gasteiger partial charge is 0.251 e. The summed E-state index contributed by atoms with van der Waals surface area (Å²) in [6.07, 6.45) is 0. The highest BCUT2D eigenvalue weighted by Gasteiger charge is 2.10. The number of amides is 2. The Balaban J connectivity index is 2.12. The van der Waals surface area contributed by atoms with Crippen molar-refractivity contribution in [3.05, 3.63) is 59.2 Å². The Bertz CT molecular complexity index is 769. The fourth-order valence-corrected chi connectivity index (χ4v) is 2.51. The Morgan fingerprint density at radius 2 is 1.88 bits per heavy atom. The molecule has 0 radical (unpaired) electrons. The molecule has 0 aliphatic carbocycles. The van der Waals surface area contributed by atoms with E-state index >= 15 is 0 Å². The summed E-state index contributed by atoms with van der Waals surface area (Å²) in [5, 5.41) is 5.58. The maximum atomic E-state index is 12.4. The van der Waals surface area contributed by atoms with Crippen molar-refractivity contribution < 1.29 is 14.3 Å². The zero-order valence-electron chi connectivity index (χ0n) is 15.1. The second-order valence-corrected chi connectivity index (χ2v) is 6.17. The molecular formula is C20H24N2O3. The first kappa shape index (κ1) is 18.5. The average Bonchev–Trinajstić information content (AvgIpc) is 2.58. The fraction of sp³-hybridized carbons (Fsp3) is 0.300. The molecule has 2 N–H and O–H groups in total. The van der Waals surface area contributed by atoms with Crippen LogP contribution in [-0.2, 0) is 11.3 Å². The summed E-state index contributed by atoms with van der Waals surface area (Å²) in [6, 6.07) is 12.9. The van der Waals surface area contributed by atoms with Crippen LogP contribution >= 0.6 is 0 Å². The Labute approximate surface area is 148 Å². The number of hydrogen-bond acceptors (Lipinski definition) is 3. The van der Waals surface area contributed by atoms with E-state index in [4.69, 9.17) is 4.74 Å². The number of benzene rings is 2. The number of anilines is 1. The third-order valence-corrected chi connectivity index (χ3v) is 3.86. The van der Waals surface area contributed by atoms with Crippen molar-refractivity contribution in [2.24, 2.45) is 0 Å². The van der Waals surface area contributed by atoms with Crippen molar-refractivity contribution in [3.8, 4) is 5.75 Å². The van der Waals surface area contributed by atoms with Crippen LogP contribution in [0.1, 0.15) is 48.2 Å². The van der Waals surface area contributed by atoms with Crippen LogP contribution in [0, 0.1) is 0 Å². The first-order chi connectivity index (χ1) is 11.9. The minimum atomic E-state index is -0.204. The number of ether oxygens (including phenoxy) is 1. The van der Waals surface area contributed by atoms with Crippen LogP contribution in [0.25, 0.3) is 0 Å². The molecule has 0 saturated heterocycles. The van der Waals surface area contributed by atoms with Crippen LogP contribution in [0.2, 0.25) is 0 Å². The Kier molecular flexibility index (Phi) is 6.17. The van der Waals surface area contributed by atoms with Crippen molar-refractivity contribution in [3.63, 3.8) is 0 Å². The lowest BCUT2D eigenvalue weighted by atomic mass is 10.00. The molecule has 0 spiro atoms. The van der Waals surface area contributed by atoms with E-state index in [1.165, 1.54) is 12.5 Å². The van der Waals surface area contributed by atoms with Crippen LogP contribution in [0.3, 0.4) is 0 Å². The molecule has 0 saturated carbocycles. The molecule has 5 nitrogen and oxygen atoms in total. The van der Waals surface area contributed by atoms with Crippen molar-refractivity contribution in [1.29, 1.82) is 0 Å². The summed E-state index contributed by atoms with van der Waals surface area (Å²) < 4.78 is 5.38. The van der Waals surface area contributed by atoms with Gasteiger partial charge in [0.15, 0.2) is 0 Å². The Hall–Kier alpha value is -2.82. The highest BCUT2D eigenvalue weighted by molar-refractivity contribution is 5.96. The van der Waals surface area contributed by atoms with Crippen LogP contribution in [-0.4, -0.2) is 18.9 Å². The largest absolute Gasteiger partial charge is 0.496 e. The van der Waals surface area contributed by atoms with Gasteiger partial charge >= 0.3 is 0 Å². The summed E-state index contributed by atoms with van der Waals surface area (Å²) in [5.74, 6) is 0.767. The Morgan fingerprint density at radius 3 is 2.52 bits per heavy atom. The van der Waals surface area contributed by atoms with Gasteiger partial charge in [0.05, 0.1) is 7.11 Å². The molecule has 2 amide bonds. The van der Waals surface area contributed by atoms with Gasteiger partial charge in [-0.1, -0.05) is 32.0 Å². The second kappa shape index (κ2) is 8.33. The lowest BCUT2D eigenvalue weighted by Crippen LogP contribution is -2.23. The molecule has 5 heteroatoms. The summed E-state index contributed by atoms with van der Waals surface area (Å²) in [6.45, 7) is 6.04. The molecule has 0 bridgehead atoms. The normalized spacial score (nSPS) is 10.4. The Morgan fingerprint density at radius 1 is 1.12 bits per heavy atom. The third-order valence-electron chi connectivity index (χ3n) is 3.86. The van der Waals surface area contributed by atoms with Gasteiger partial charge in [0.2, 0.25) is 5.91 Å². The molecule has 2 rings (SSSR count). The van der Waals surface area contributed by atoms with Gasteiger partial charge in [0, 0.05) is 30.3 Å². The number of rotatable bonds is 6. The number of carbonyl (C=O) groups is 2. The SMILES string of the molecule is COc1ccc(C(C)C)cc1CNC(=O)c1cccc(NC(C)=O)c1. The van der Waals surface area contributed by atoms with Gasteiger partial charge in [-0.25, -0.2) is 0 Å². The quantitative estimate of drug-likeness (QED) is 0.842. The van der Waals surface area contributed by atoms with Gasteiger partial charge in [-0.3, -0.25) is 9.59 Å². The molecule has 25 heavy (non-hydrogen) atoms. The van der Waals surface area contributed by atoms with Crippen LogP contribution in [0.4, 0.5) is 5.69 Å². The molecule has 0 atom stereocenters. The summed E-state index contributed by atoms with van der Waals surface area (Å²) in [4.78, 5) is 23.5. The average molecular weight is 340 g/mol. The third kappa shape index (κ3) is 5.08. The van der Waals surface area contributed by atoms with Gasteiger partial charge in [0.1, 0.15) is 5.75 Å². The monoisotopic (exact) mass is 340 g/mol. The summed E-state index contributed by atoms with van der Waals surface area (Å²) >= 11 is 0. The summed E-state index contributed by atoms with van der Waals surface area (Å²) in [5.41, 5.74) is 3.21. The van der Waals surface area contributed by atoms with E-state index in [2.05, 4.69) is 30.5 Å². The lowest BCUT2D eigenvalue weighted by molar-refractivity contribution is -0.114. The first-order valence-corrected chi connectivity index (χ1v) is 8.23. The molecule has 0 aromatic heterocycles. The van der Waals surface area contributed by atoms with E-state index in [0.717, 1.165) is 11.3 Å². The second-order valence-electron chi connectivity index (χ2n) is 6.17. The van der Waals surface area contributed by atoms with E-state index in [1.54, 1.807) is 31.4 Å². The van der Waals surface area contributed by atoms with E-state index < -0.39 is 0 Å². The molecule has 0 aliphatic rings. The van der Waals surface area contributed by atoms with Crippen molar-refractivity contribution in [1.82, 2.24) is 5.32 Å². The highest BCUT2D eigenvalue weighted by atomic mass is 16.5. The first-order valence-electron chi connectivity index (χ1n) is 8.23. The molecule has 0 unspecified atom stereocenters. The predicted octanol–water partition coefficient (Wildman–Crippen LogP) is 3.71. The van der Waals surface area contributed by atoms with E-state index in [-0.39, 0.29) is 11.8 Å². The van der Waals surface area contributed by atoms with Gasteiger partial charge in [0.25, 0.3) is 5.91 Å². The van der Waals surface area contributed by atoms with Gasteiger partial charge in [-0.15, -0.1) is 0 Å². The number of carbonyl (C=O) groups excluding carboxylic acids is 2. The number of methoxy groups -OCH3 is 1. The van der Waals surface area contributed by atoms with Crippen LogP contribution in [0.15, 0.2) is 42.5 Å². The number of nitrogens with one attached hydrogen (secondary N) is 2.